The van der Waals surface area contributed by atoms with Crippen LogP contribution in [0.2, 0.25) is 0 Å². The molecule has 1 rings (SSSR count). The Morgan fingerprint density at radius 2 is 1.95 bits per heavy atom. The van der Waals surface area contributed by atoms with Gasteiger partial charge in [-0.15, -0.1) is 0 Å². The number of aliphatic carboxylic acids is 1. The van der Waals surface area contributed by atoms with Gasteiger partial charge in [0, 0.05) is 13.1 Å². The van der Waals surface area contributed by atoms with E-state index in [4.69, 9.17) is 0 Å². The van der Waals surface area contributed by atoms with Gasteiger partial charge in [-0.2, -0.15) is 11.8 Å². The maximum atomic E-state index is 12.1. The van der Waals surface area contributed by atoms with Crippen LogP contribution in [0, 0.1) is 17.3 Å². The topological polar surface area (TPSA) is 57.6 Å². The minimum absolute atomic E-state index is 0.0476. The fourth-order valence-corrected chi connectivity index (χ4v) is 3.65. The molecule has 1 aliphatic heterocycles. The van der Waals surface area contributed by atoms with Crippen molar-refractivity contribution in [1.82, 2.24) is 4.90 Å². The van der Waals surface area contributed by atoms with Crippen LogP contribution >= 0.6 is 11.8 Å². The lowest BCUT2D eigenvalue weighted by Crippen LogP contribution is -2.41. The molecule has 0 radical (unpaired) electrons. The third-order valence-electron chi connectivity index (χ3n) is 4.25. The van der Waals surface area contributed by atoms with Gasteiger partial charge < -0.3 is 10.0 Å². The number of carboxylic acid groups (broad SMARTS) is 1. The number of rotatable bonds is 7. The first kappa shape index (κ1) is 17.3. The van der Waals surface area contributed by atoms with Gasteiger partial charge in [-0.1, -0.05) is 27.7 Å². The molecule has 4 nitrogen and oxygen atoms in total. The van der Waals surface area contributed by atoms with E-state index in [2.05, 4.69) is 13.8 Å². The molecular weight excluding hydrogens is 274 g/mol. The molecule has 5 heteroatoms. The van der Waals surface area contributed by atoms with Crippen LogP contribution in [-0.4, -0.2) is 46.5 Å². The van der Waals surface area contributed by atoms with E-state index in [0.717, 1.165) is 12.2 Å². The van der Waals surface area contributed by atoms with Gasteiger partial charge in [0.2, 0.25) is 5.91 Å². The number of nitrogens with zero attached hydrogens (tertiary/aromatic N) is 1. The van der Waals surface area contributed by atoms with E-state index in [1.165, 1.54) is 0 Å². The number of carbonyl (C=O) groups is 2. The van der Waals surface area contributed by atoms with E-state index in [0.29, 0.717) is 31.2 Å². The largest absolute Gasteiger partial charge is 0.481 e. The number of amides is 1. The maximum absolute atomic E-state index is 12.1. The van der Waals surface area contributed by atoms with E-state index in [1.807, 2.05) is 13.8 Å². The van der Waals surface area contributed by atoms with Gasteiger partial charge in [0.25, 0.3) is 0 Å². The molecule has 0 aromatic carbocycles. The van der Waals surface area contributed by atoms with Gasteiger partial charge in [-0.3, -0.25) is 9.59 Å². The number of carbonyl (C=O) groups excluding carboxylic acids is 1. The van der Waals surface area contributed by atoms with Crippen molar-refractivity contribution in [1.29, 1.82) is 0 Å². The van der Waals surface area contributed by atoms with Crippen LogP contribution < -0.4 is 0 Å². The lowest BCUT2D eigenvalue weighted by Gasteiger charge is -2.28. The highest BCUT2D eigenvalue weighted by atomic mass is 32.2. The Kier molecular flexibility index (Phi) is 6.37. The van der Waals surface area contributed by atoms with Gasteiger partial charge in [-0.05, 0) is 30.4 Å². The minimum Gasteiger partial charge on any atom is -0.481 e. The Balaban J connectivity index is 2.46. The predicted molar refractivity (Wildman–Crippen MR) is 82.9 cm³/mol. The Bertz CT molecular complexity index is 357. The number of hydrogen-bond donors (Lipinski definition) is 1. The summed E-state index contributed by atoms with van der Waals surface area (Å²) in [5, 5.41) is 9.47. The fraction of sp³-hybridized carbons (Fsp3) is 0.867. The third kappa shape index (κ3) is 4.14. The van der Waals surface area contributed by atoms with E-state index >= 15 is 0 Å². The van der Waals surface area contributed by atoms with Crippen LogP contribution in [0.4, 0.5) is 0 Å². The number of likely N-dealkylation sites (tertiary alicyclic amines) is 1. The van der Waals surface area contributed by atoms with Crippen molar-refractivity contribution in [3.63, 3.8) is 0 Å². The SMILES string of the molecule is CC(C)CCSCC(=O)N1CCC(C(=O)O)(C(C)C)C1. The van der Waals surface area contributed by atoms with Gasteiger partial charge in [0.05, 0.1) is 11.2 Å². The first-order valence-electron chi connectivity index (χ1n) is 7.38. The zero-order valence-corrected chi connectivity index (χ0v) is 13.8. The average Bonchev–Trinajstić information content (AvgIpc) is 2.80. The molecule has 0 saturated carbocycles. The minimum atomic E-state index is -0.768. The zero-order valence-electron chi connectivity index (χ0n) is 13.0. The predicted octanol–water partition coefficient (Wildman–Crippen LogP) is 2.73. The second-order valence-electron chi connectivity index (χ2n) is 6.42. The summed E-state index contributed by atoms with van der Waals surface area (Å²) in [6.07, 6.45) is 1.69. The van der Waals surface area contributed by atoms with Crippen LogP contribution in [0.3, 0.4) is 0 Å². The van der Waals surface area contributed by atoms with Crippen molar-refractivity contribution in [3.05, 3.63) is 0 Å². The van der Waals surface area contributed by atoms with Crippen LogP contribution in [0.1, 0.15) is 40.5 Å². The molecule has 1 aliphatic rings. The summed E-state index contributed by atoms with van der Waals surface area (Å²) in [4.78, 5) is 25.4. The smallest absolute Gasteiger partial charge is 0.311 e. The fourth-order valence-electron chi connectivity index (χ4n) is 2.51. The summed E-state index contributed by atoms with van der Waals surface area (Å²) in [5.74, 6) is 1.49. The molecule has 1 amide bonds. The summed E-state index contributed by atoms with van der Waals surface area (Å²) < 4.78 is 0. The number of carboxylic acids is 1. The number of hydrogen-bond acceptors (Lipinski definition) is 3. The summed E-state index contributed by atoms with van der Waals surface area (Å²) in [6, 6.07) is 0. The first-order chi connectivity index (χ1) is 9.29. The van der Waals surface area contributed by atoms with Gasteiger partial charge in [0.15, 0.2) is 0 Å². The number of thioether (sulfide) groups is 1. The standard InChI is InChI=1S/C15H27NO3S/c1-11(2)5-8-20-9-13(17)16-7-6-15(10-16,12(3)4)14(18)19/h11-12H,5-10H2,1-4H3,(H,18,19). The summed E-state index contributed by atoms with van der Waals surface area (Å²) in [7, 11) is 0. The molecule has 1 fully saturated rings. The Morgan fingerprint density at radius 1 is 1.30 bits per heavy atom. The molecule has 0 spiro atoms. The van der Waals surface area contributed by atoms with E-state index < -0.39 is 11.4 Å². The molecule has 0 aromatic rings. The van der Waals surface area contributed by atoms with Crippen molar-refractivity contribution in [2.75, 3.05) is 24.6 Å². The third-order valence-corrected chi connectivity index (χ3v) is 5.23. The maximum Gasteiger partial charge on any atom is 0.311 e. The lowest BCUT2D eigenvalue weighted by molar-refractivity contribution is -0.151. The molecule has 0 bridgehead atoms. The quantitative estimate of drug-likeness (QED) is 0.735. The highest BCUT2D eigenvalue weighted by Crippen LogP contribution is 2.38. The highest BCUT2D eigenvalue weighted by Gasteiger charge is 2.48. The summed E-state index contributed by atoms with van der Waals surface area (Å²) in [6.45, 7) is 9.15. The summed E-state index contributed by atoms with van der Waals surface area (Å²) >= 11 is 1.65. The summed E-state index contributed by atoms with van der Waals surface area (Å²) in [5.41, 5.74) is -0.752. The van der Waals surface area contributed by atoms with E-state index in [1.54, 1.807) is 16.7 Å². The molecule has 1 atom stereocenters. The molecule has 1 heterocycles. The Hall–Kier alpha value is -0.710. The van der Waals surface area contributed by atoms with Gasteiger partial charge in [0.1, 0.15) is 0 Å². The normalized spacial score (nSPS) is 22.8. The molecule has 0 aliphatic carbocycles. The van der Waals surface area contributed by atoms with Crippen LogP contribution in [-0.2, 0) is 9.59 Å². The van der Waals surface area contributed by atoms with Crippen molar-refractivity contribution in [3.8, 4) is 0 Å². The molecule has 1 saturated heterocycles. The second kappa shape index (κ2) is 7.34. The van der Waals surface area contributed by atoms with Crippen molar-refractivity contribution >= 4 is 23.6 Å². The average molecular weight is 301 g/mol. The Morgan fingerprint density at radius 3 is 2.40 bits per heavy atom. The van der Waals surface area contributed by atoms with Crippen LogP contribution in [0.15, 0.2) is 0 Å². The highest BCUT2D eigenvalue weighted by molar-refractivity contribution is 7.99. The van der Waals surface area contributed by atoms with Crippen LogP contribution in [0.5, 0.6) is 0 Å². The van der Waals surface area contributed by atoms with Gasteiger partial charge in [-0.25, -0.2) is 0 Å². The van der Waals surface area contributed by atoms with Gasteiger partial charge >= 0.3 is 5.97 Å². The van der Waals surface area contributed by atoms with E-state index in [9.17, 15) is 14.7 Å². The van der Waals surface area contributed by atoms with Crippen molar-refractivity contribution < 1.29 is 14.7 Å². The molecule has 1 unspecified atom stereocenters. The van der Waals surface area contributed by atoms with Crippen molar-refractivity contribution in [2.24, 2.45) is 17.3 Å². The molecule has 0 aromatic heterocycles. The van der Waals surface area contributed by atoms with Crippen molar-refractivity contribution in [2.45, 2.75) is 40.5 Å². The Labute approximate surface area is 126 Å². The lowest BCUT2D eigenvalue weighted by atomic mass is 9.76. The molecule has 1 N–H and O–H groups in total. The van der Waals surface area contributed by atoms with Crippen LogP contribution in [0.25, 0.3) is 0 Å². The zero-order chi connectivity index (χ0) is 15.3. The molecule has 116 valence electrons. The van der Waals surface area contributed by atoms with E-state index in [-0.39, 0.29) is 11.8 Å². The monoisotopic (exact) mass is 301 g/mol. The molecule has 20 heavy (non-hydrogen) atoms. The second-order valence-corrected chi connectivity index (χ2v) is 7.52. The molecular formula is C15H27NO3S. The first-order valence-corrected chi connectivity index (χ1v) is 8.54.